The van der Waals surface area contributed by atoms with Crippen molar-refractivity contribution in [2.45, 2.75) is 12.5 Å². The minimum atomic E-state index is -0.210. The van der Waals surface area contributed by atoms with Gasteiger partial charge in [0.15, 0.2) is 0 Å². The molecule has 104 valence electrons. The highest BCUT2D eigenvalue weighted by molar-refractivity contribution is 6.33. The molecule has 5 heteroatoms. The molecule has 1 heterocycles. The van der Waals surface area contributed by atoms with Gasteiger partial charge in [-0.3, -0.25) is 9.78 Å². The molecule has 20 heavy (non-hydrogen) atoms. The smallest absolute Gasteiger partial charge is 0.252 e. The van der Waals surface area contributed by atoms with E-state index in [0.717, 1.165) is 5.56 Å². The number of rotatable bonds is 5. The SMILES string of the molecule is NC(CCNC(=O)c1ccncc1Cl)c1ccccc1. The van der Waals surface area contributed by atoms with Gasteiger partial charge in [-0.15, -0.1) is 0 Å². The summed E-state index contributed by atoms with van der Waals surface area (Å²) in [5.41, 5.74) is 7.55. The van der Waals surface area contributed by atoms with Crippen LogP contribution in [0.4, 0.5) is 0 Å². The van der Waals surface area contributed by atoms with Crippen LogP contribution in [0.3, 0.4) is 0 Å². The Hall–Kier alpha value is -1.91. The Labute approximate surface area is 123 Å². The van der Waals surface area contributed by atoms with Crippen molar-refractivity contribution in [3.05, 3.63) is 64.9 Å². The Morgan fingerprint density at radius 1 is 1.30 bits per heavy atom. The van der Waals surface area contributed by atoms with Gasteiger partial charge in [-0.25, -0.2) is 0 Å². The highest BCUT2D eigenvalue weighted by Gasteiger charge is 2.10. The first-order chi connectivity index (χ1) is 9.68. The van der Waals surface area contributed by atoms with E-state index in [0.29, 0.717) is 23.6 Å². The number of amides is 1. The second kappa shape index (κ2) is 7.03. The molecule has 2 aromatic rings. The van der Waals surface area contributed by atoms with E-state index in [1.807, 2.05) is 30.3 Å². The number of hydrogen-bond acceptors (Lipinski definition) is 3. The van der Waals surface area contributed by atoms with Crippen LogP contribution in [-0.4, -0.2) is 17.4 Å². The van der Waals surface area contributed by atoms with Crippen LogP contribution in [0.2, 0.25) is 5.02 Å². The average molecular weight is 290 g/mol. The van der Waals surface area contributed by atoms with E-state index >= 15 is 0 Å². The number of carbonyl (C=O) groups is 1. The molecule has 0 aliphatic carbocycles. The summed E-state index contributed by atoms with van der Waals surface area (Å²) >= 11 is 5.91. The summed E-state index contributed by atoms with van der Waals surface area (Å²) in [6, 6.07) is 11.3. The predicted molar refractivity (Wildman–Crippen MR) is 79.6 cm³/mol. The Morgan fingerprint density at radius 2 is 2.05 bits per heavy atom. The molecule has 0 aliphatic heterocycles. The summed E-state index contributed by atoms with van der Waals surface area (Å²) in [6.45, 7) is 0.494. The maximum Gasteiger partial charge on any atom is 0.252 e. The van der Waals surface area contributed by atoms with Gasteiger partial charge in [0.25, 0.3) is 5.91 Å². The van der Waals surface area contributed by atoms with Crippen LogP contribution in [0.25, 0.3) is 0 Å². The molecule has 0 fully saturated rings. The molecule has 1 unspecified atom stereocenters. The molecule has 4 nitrogen and oxygen atoms in total. The summed E-state index contributed by atoms with van der Waals surface area (Å²) in [6.07, 6.45) is 3.65. The summed E-state index contributed by atoms with van der Waals surface area (Å²) < 4.78 is 0. The van der Waals surface area contributed by atoms with E-state index in [2.05, 4.69) is 10.3 Å². The summed E-state index contributed by atoms with van der Waals surface area (Å²) in [5.74, 6) is -0.210. The normalized spacial score (nSPS) is 11.9. The zero-order valence-corrected chi connectivity index (χ0v) is 11.7. The van der Waals surface area contributed by atoms with Gasteiger partial charge in [0.2, 0.25) is 0 Å². The summed E-state index contributed by atoms with van der Waals surface area (Å²) in [5, 5.41) is 3.15. The number of nitrogens with zero attached hydrogens (tertiary/aromatic N) is 1. The highest BCUT2D eigenvalue weighted by atomic mass is 35.5. The molecule has 0 saturated carbocycles. The molecule has 1 aromatic carbocycles. The Kier molecular flexibility index (Phi) is 5.09. The van der Waals surface area contributed by atoms with Crippen molar-refractivity contribution in [1.29, 1.82) is 0 Å². The van der Waals surface area contributed by atoms with E-state index in [9.17, 15) is 4.79 Å². The fourth-order valence-corrected chi connectivity index (χ4v) is 2.07. The molecule has 0 spiro atoms. The first-order valence-electron chi connectivity index (χ1n) is 6.36. The highest BCUT2D eigenvalue weighted by Crippen LogP contribution is 2.14. The van der Waals surface area contributed by atoms with Crippen molar-refractivity contribution < 1.29 is 4.79 Å². The van der Waals surface area contributed by atoms with E-state index < -0.39 is 0 Å². The van der Waals surface area contributed by atoms with Gasteiger partial charge < -0.3 is 11.1 Å². The summed E-state index contributed by atoms with van der Waals surface area (Å²) in [7, 11) is 0. The monoisotopic (exact) mass is 289 g/mol. The van der Waals surface area contributed by atoms with Crippen molar-refractivity contribution >= 4 is 17.5 Å². The molecule has 3 N–H and O–H groups in total. The Bertz CT molecular complexity index is 574. The van der Waals surface area contributed by atoms with Crippen LogP contribution in [0, 0.1) is 0 Å². The molecule has 0 bridgehead atoms. The zero-order valence-electron chi connectivity index (χ0n) is 10.9. The van der Waals surface area contributed by atoms with Gasteiger partial charge in [0, 0.05) is 25.0 Å². The maximum atomic E-state index is 11.9. The number of halogens is 1. The topological polar surface area (TPSA) is 68.0 Å². The maximum absolute atomic E-state index is 11.9. The third-order valence-electron chi connectivity index (χ3n) is 2.99. The van der Waals surface area contributed by atoms with Gasteiger partial charge in [0.05, 0.1) is 10.6 Å². The number of hydrogen-bond donors (Lipinski definition) is 2. The molecular weight excluding hydrogens is 274 g/mol. The number of carbonyl (C=O) groups excluding carboxylic acids is 1. The summed E-state index contributed by atoms with van der Waals surface area (Å²) in [4.78, 5) is 15.8. The second-order valence-electron chi connectivity index (χ2n) is 4.42. The molecule has 0 saturated heterocycles. The zero-order chi connectivity index (χ0) is 14.4. The first-order valence-corrected chi connectivity index (χ1v) is 6.74. The lowest BCUT2D eigenvalue weighted by molar-refractivity contribution is 0.0952. The molecule has 0 aliphatic rings. The fourth-order valence-electron chi connectivity index (χ4n) is 1.86. The van der Waals surface area contributed by atoms with Crippen LogP contribution in [0.5, 0.6) is 0 Å². The van der Waals surface area contributed by atoms with E-state index in [-0.39, 0.29) is 11.9 Å². The van der Waals surface area contributed by atoms with Crippen molar-refractivity contribution in [2.24, 2.45) is 5.73 Å². The van der Waals surface area contributed by atoms with E-state index in [4.69, 9.17) is 17.3 Å². The number of pyridine rings is 1. The standard InChI is InChI=1S/C15H16ClN3O/c16-13-10-18-8-6-12(13)15(20)19-9-7-14(17)11-4-2-1-3-5-11/h1-6,8,10,14H,7,9,17H2,(H,19,20). The van der Waals surface area contributed by atoms with Crippen LogP contribution in [0.1, 0.15) is 28.4 Å². The van der Waals surface area contributed by atoms with Gasteiger partial charge in [-0.2, -0.15) is 0 Å². The molecule has 1 aromatic heterocycles. The molecule has 2 rings (SSSR count). The second-order valence-corrected chi connectivity index (χ2v) is 4.82. The number of benzene rings is 1. The number of nitrogens with one attached hydrogen (secondary N) is 1. The molecule has 0 radical (unpaired) electrons. The van der Waals surface area contributed by atoms with Crippen LogP contribution < -0.4 is 11.1 Å². The third kappa shape index (κ3) is 3.79. The number of nitrogens with two attached hydrogens (primary N) is 1. The minimum absolute atomic E-state index is 0.0931. The molecule has 1 atom stereocenters. The van der Waals surface area contributed by atoms with E-state index in [1.54, 1.807) is 6.07 Å². The van der Waals surface area contributed by atoms with Gasteiger partial charge >= 0.3 is 0 Å². The number of aromatic nitrogens is 1. The van der Waals surface area contributed by atoms with Crippen LogP contribution in [-0.2, 0) is 0 Å². The molecular formula is C15H16ClN3O. The first kappa shape index (κ1) is 14.5. The van der Waals surface area contributed by atoms with E-state index in [1.165, 1.54) is 12.4 Å². The lowest BCUT2D eigenvalue weighted by Crippen LogP contribution is -2.27. The minimum Gasteiger partial charge on any atom is -0.352 e. The Balaban J connectivity index is 1.84. The lowest BCUT2D eigenvalue weighted by atomic mass is 10.1. The van der Waals surface area contributed by atoms with Gasteiger partial charge in [0.1, 0.15) is 0 Å². The quantitative estimate of drug-likeness (QED) is 0.889. The van der Waals surface area contributed by atoms with Crippen LogP contribution in [0.15, 0.2) is 48.8 Å². The van der Waals surface area contributed by atoms with Crippen molar-refractivity contribution in [1.82, 2.24) is 10.3 Å². The third-order valence-corrected chi connectivity index (χ3v) is 3.29. The van der Waals surface area contributed by atoms with Crippen molar-refractivity contribution in [3.63, 3.8) is 0 Å². The molecule has 1 amide bonds. The fraction of sp³-hybridized carbons (Fsp3) is 0.200. The van der Waals surface area contributed by atoms with Gasteiger partial charge in [-0.05, 0) is 18.1 Å². The Morgan fingerprint density at radius 3 is 2.75 bits per heavy atom. The van der Waals surface area contributed by atoms with Crippen LogP contribution >= 0.6 is 11.6 Å². The van der Waals surface area contributed by atoms with Crippen molar-refractivity contribution in [3.8, 4) is 0 Å². The van der Waals surface area contributed by atoms with Crippen molar-refractivity contribution in [2.75, 3.05) is 6.54 Å². The average Bonchev–Trinajstić information content (AvgIpc) is 2.48. The lowest BCUT2D eigenvalue weighted by Gasteiger charge is -2.12. The largest absolute Gasteiger partial charge is 0.352 e. The predicted octanol–water partition coefficient (Wildman–Crippen LogP) is 2.55. The van der Waals surface area contributed by atoms with Gasteiger partial charge in [-0.1, -0.05) is 41.9 Å².